The number of fused-ring (bicyclic) bond motifs is 1. The Morgan fingerprint density at radius 2 is 2.10 bits per heavy atom. The summed E-state index contributed by atoms with van der Waals surface area (Å²) in [5.41, 5.74) is 3.16. The Hall–Kier alpha value is -2.43. The SMILES string of the molecule is c1cc(Nc2cc(C3CCCC3)[nH]n2)c2cncnc2c1. The molecule has 0 atom stereocenters. The molecule has 1 aromatic carbocycles. The highest BCUT2D eigenvalue weighted by Crippen LogP contribution is 2.34. The summed E-state index contributed by atoms with van der Waals surface area (Å²) in [5, 5.41) is 11.9. The van der Waals surface area contributed by atoms with E-state index in [4.69, 9.17) is 0 Å². The average Bonchev–Trinajstić information content (AvgIpc) is 3.18. The van der Waals surface area contributed by atoms with Gasteiger partial charge in [0.1, 0.15) is 6.33 Å². The Labute approximate surface area is 122 Å². The predicted octanol–water partition coefficient (Wildman–Crippen LogP) is 3.75. The number of hydrogen-bond acceptors (Lipinski definition) is 4. The van der Waals surface area contributed by atoms with Gasteiger partial charge in [0.2, 0.25) is 0 Å². The number of benzene rings is 1. The summed E-state index contributed by atoms with van der Waals surface area (Å²) >= 11 is 0. The van der Waals surface area contributed by atoms with Crippen LogP contribution in [0.2, 0.25) is 0 Å². The molecule has 0 aliphatic heterocycles. The predicted molar refractivity (Wildman–Crippen MR) is 82.6 cm³/mol. The van der Waals surface area contributed by atoms with Gasteiger partial charge >= 0.3 is 0 Å². The number of rotatable bonds is 3. The molecule has 106 valence electrons. The quantitative estimate of drug-likeness (QED) is 0.766. The Balaban J connectivity index is 1.62. The van der Waals surface area contributed by atoms with Crippen molar-refractivity contribution in [2.75, 3.05) is 5.32 Å². The lowest BCUT2D eigenvalue weighted by atomic mass is 10.0. The molecule has 1 aliphatic carbocycles. The molecule has 0 radical (unpaired) electrons. The molecule has 2 N–H and O–H groups in total. The van der Waals surface area contributed by atoms with E-state index >= 15 is 0 Å². The molecule has 0 bridgehead atoms. The zero-order valence-electron chi connectivity index (χ0n) is 11.7. The van der Waals surface area contributed by atoms with E-state index in [1.165, 1.54) is 31.4 Å². The van der Waals surface area contributed by atoms with Crippen LogP contribution in [0.1, 0.15) is 37.3 Å². The molecule has 4 rings (SSSR count). The van der Waals surface area contributed by atoms with Crippen LogP contribution in [0.4, 0.5) is 11.5 Å². The summed E-state index contributed by atoms with van der Waals surface area (Å²) < 4.78 is 0. The summed E-state index contributed by atoms with van der Waals surface area (Å²) in [4.78, 5) is 8.38. The van der Waals surface area contributed by atoms with Crippen molar-refractivity contribution < 1.29 is 0 Å². The molecule has 0 saturated heterocycles. The smallest absolute Gasteiger partial charge is 0.152 e. The first-order valence-corrected chi connectivity index (χ1v) is 7.41. The van der Waals surface area contributed by atoms with Crippen molar-refractivity contribution in [2.24, 2.45) is 0 Å². The van der Waals surface area contributed by atoms with Crippen molar-refractivity contribution in [3.63, 3.8) is 0 Å². The van der Waals surface area contributed by atoms with Gasteiger partial charge in [0.25, 0.3) is 0 Å². The number of hydrogen-bond donors (Lipinski definition) is 2. The lowest BCUT2D eigenvalue weighted by molar-refractivity contribution is 0.693. The van der Waals surface area contributed by atoms with E-state index < -0.39 is 0 Å². The first-order chi connectivity index (χ1) is 10.4. The maximum absolute atomic E-state index is 4.39. The van der Waals surface area contributed by atoms with E-state index in [-0.39, 0.29) is 0 Å². The van der Waals surface area contributed by atoms with Crippen molar-refractivity contribution in [3.8, 4) is 0 Å². The Morgan fingerprint density at radius 3 is 3.00 bits per heavy atom. The Morgan fingerprint density at radius 1 is 1.19 bits per heavy atom. The minimum atomic E-state index is 0.643. The van der Waals surface area contributed by atoms with Crippen molar-refractivity contribution >= 4 is 22.4 Å². The Bertz CT molecular complexity index is 753. The summed E-state index contributed by atoms with van der Waals surface area (Å²) in [6.45, 7) is 0. The summed E-state index contributed by atoms with van der Waals surface area (Å²) in [5.74, 6) is 1.50. The molecule has 0 unspecified atom stereocenters. The van der Waals surface area contributed by atoms with Gasteiger partial charge in [-0.05, 0) is 25.0 Å². The fourth-order valence-electron chi connectivity index (χ4n) is 3.10. The number of aromatic nitrogens is 4. The second-order valence-corrected chi connectivity index (χ2v) is 5.58. The molecule has 3 aromatic rings. The normalized spacial score (nSPS) is 15.6. The highest BCUT2D eigenvalue weighted by Gasteiger charge is 2.19. The topological polar surface area (TPSA) is 66.5 Å². The largest absolute Gasteiger partial charge is 0.338 e. The lowest BCUT2D eigenvalue weighted by Gasteiger charge is -2.06. The number of aromatic amines is 1. The van der Waals surface area contributed by atoms with Crippen LogP contribution in [-0.2, 0) is 0 Å². The van der Waals surface area contributed by atoms with Gasteiger partial charge in [0.15, 0.2) is 5.82 Å². The minimum absolute atomic E-state index is 0.643. The van der Waals surface area contributed by atoms with Gasteiger partial charge in [-0.1, -0.05) is 18.9 Å². The van der Waals surface area contributed by atoms with Crippen LogP contribution in [0.25, 0.3) is 10.9 Å². The van der Waals surface area contributed by atoms with Crippen LogP contribution in [-0.4, -0.2) is 20.2 Å². The molecule has 2 aromatic heterocycles. The zero-order chi connectivity index (χ0) is 14.1. The standard InChI is InChI=1S/C16H17N5/c1-2-5-11(4-1)15-8-16(21-20-15)19-14-7-3-6-13-12(14)9-17-10-18-13/h3,6-11H,1-2,4-5H2,(H2,19,20,21). The fraction of sp³-hybridized carbons (Fsp3) is 0.312. The van der Waals surface area contributed by atoms with Gasteiger partial charge in [0, 0.05) is 29.3 Å². The van der Waals surface area contributed by atoms with E-state index in [1.54, 1.807) is 6.33 Å². The fourth-order valence-corrected chi connectivity index (χ4v) is 3.10. The molecule has 1 saturated carbocycles. The summed E-state index contributed by atoms with van der Waals surface area (Å²) in [6.07, 6.45) is 8.59. The number of anilines is 2. The van der Waals surface area contributed by atoms with Gasteiger partial charge in [0.05, 0.1) is 11.2 Å². The molecule has 1 fully saturated rings. The first kappa shape index (κ1) is 12.3. The van der Waals surface area contributed by atoms with Gasteiger partial charge < -0.3 is 5.32 Å². The zero-order valence-corrected chi connectivity index (χ0v) is 11.7. The van der Waals surface area contributed by atoms with E-state index in [1.807, 2.05) is 24.4 Å². The van der Waals surface area contributed by atoms with E-state index in [0.717, 1.165) is 22.4 Å². The van der Waals surface area contributed by atoms with Crippen molar-refractivity contribution in [1.29, 1.82) is 0 Å². The van der Waals surface area contributed by atoms with E-state index in [9.17, 15) is 0 Å². The molecule has 0 spiro atoms. The average molecular weight is 279 g/mol. The van der Waals surface area contributed by atoms with Crippen LogP contribution in [0.3, 0.4) is 0 Å². The third-order valence-corrected chi connectivity index (χ3v) is 4.21. The maximum atomic E-state index is 4.39. The van der Waals surface area contributed by atoms with E-state index in [0.29, 0.717) is 5.92 Å². The third-order valence-electron chi connectivity index (χ3n) is 4.21. The highest BCUT2D eigenvalue weighted by atomic mass is 15.2. The van der Waals surface area contributed by atoms with Crippen molar-refractivity contribution in [1.82, 2.24) is 20.2 Å². The molecule has 1 aliphatic rings. The first-order valence-electron chi connectivity index (χ1n) is 7.41. The minimum Gasteiger partial charge on any atom is -0.338 e. The summed E-state index contributed by atoms with van der Waals surface area (Å²) in [7, 11) is 0. The lowest BCUT2D eigenvalue weighted by Crippen LogP contribution is -1.93. The van der Waals surface area contributed by atoms with Gasteiger partial charge in [-0.2, -0.15) is 5.10 Å². The van der Waals surface area contributed by atoms with Gasteiger partial charge in [-0.25, -0.2) is 9.97 Å². The van der Waals surface area contributed by atoms with Gasteiger partial charge in [-0.3, -0.25) is 5.10 Å². The molecule has 0 amide bonds. The van der Waals surface area contributed by atoms with Gasteiger partial charge in [-0.15, -0.1) is 0 Å². The van der Waals surface area contributed by atoms with Crippen LogP contribution < -0.4 is 5.32 Å². The third kappa shape index (κ3) is 2.35. The molecule has 5 heteroatoms. The monoisotopic (exact) mass is 279 g/mol. The number of H-pyrrole nitrogens is 1. The Kier molecular flexibility index (Phi) is 3.03. The molecule has 21 heavy (non-hydrogen) atoms. The number of nitrogens with one attached hydrogen (secondary N) is 2. The molecular weight excluding hydrogens is 262 g/mol. The molecule has 5 nitrogen and oxygen atoms in total. The van der Waals surface area contributed by atoms with Crippen LogP contribution in [0, 0.1) is 0 Å². The highest BCUT2D eigenvalue weighted by molar-refractivity contribution is 5.92. The molecule has 2 heterocycles. The molecular formula is C16H17N5. The van der Waals surface area contributed by atoms with Crippen molar-refractivity contribution in [3.05, 3.63) is 42.5 Å². The second kappa shape index (κ2) is 5.16. The maximum Gasteiger partial charge on any atom is 0.152 e. The van der Waals surface area contributed by atoms with Crippen LogP contribution in [0.5, 0.6) is 0 Å². The van der Waals surface area contributed by atoms with Crippen LogP contribution in [0.15, 0.2) is 36.8 Å². The van der Waals surface area contributed by atoms with Crippen molar-refractivity contribution in [2.45, 2.75) is 31.6 Å². The second-order valence-electron chi connectivity index (χ2n) is 5.58. The number of nitrogens with zero attached hydrogens (tertiary/aromatic N) is 3. The summed E-state index contributed by atoms with van der Waals surface area (Å²) in [6, 6.07) is 8.12. The van der Waals surface area contributed by atoms with Crippen LogP contribution >= 0.6 is 0 Å². The van der Waals surface area contributed by atoms with E-state index in [2.05, 4.69) is 31.5 Å².